The van der Waals surface area contributed by atoms with Crippen molar-refractivity contribution in [3.8, 4) is 11.1 Å². The minimum absolute atomic E-state index is 0.163. The molecule has 0 atom stereocenters. The Morgan fingerprint density at radius 3 is 2.57 bits per heavy atom. The summed E-state index contributed by atoms with van der Waals surface area (Å²) in [5.41, 5.74) is 16.7. The van der Waals surface area contributed by atoms with Crippen LogP contribution in [0.1, 0.15) is 27.9 Å². The normalized spacial score (nSPS) is 13.1. The molecule has 0 spiro atoms. The minimum atomic E-state index is -0.390. The average Bonchev–Trinajstić information content (AvgIpc) is 2.88. The highest BCUT2D eigenvalue weighted by molar-refractivity contribution is 5.98. The molecule has 2 aromatic carbocycles. The predicted octanol–water partition coefficient (Wildman–Crippen LogP) is 2.10. The lowest BCUT2D eigenvalue weighted by molar-refractivity contribution is -0.118. The Kier molecular flexibility index (Phi) is 6.54. The number of nitrogens with two attached hydrogens (primary N) is 2. The number of rotatable bonds is 8. The quantitative estimate of drug-likeness (QED) is 0.653. The number of fused-ring (bicyclic) bond motifs is 1. The summed E-state index contributed by atoms with van der Waals surface area (Å²) in [6, 6.07) is 11.4. The van der Waals surface area contributed by atoms with Crippen molar-refractivity contribution in [2.75, 3.05) is 20.1 Å². The largest absolute Gasteiger partial charge is 0.387 e. The van der Waals surface area contributed by atoms with Crippen LogP contribution in [0, 0.1) is 0 Å². The summed E-state index contributed by atoms with van der Waals surface area (Å²) in [5, 5.41) is 0. The zero-order chi connectivity index (χ0) is 21.7. The number of carbonyl (C=O) groups excluding carboxylic acids is 3. The summed E-state index contributed by atoms with van der Waals surface area (Å²) in [6.45, 7) is 0.758. The SMILES string of the molecule is CN(CCc1cc(-c2ccc3c(c2)N=C(N)CC(C=O)=C3)ccc1C=O)CC(N)=O. The molecule has 1 amide bonds. The molecule has 0 fully saturated rings. The van der Waals surface area contributed by atoms with Crippen molar-refractivity contribution < 1.29 is 14.4 Å². The maximum absolute atomic E-state index is 11.5. The van der Waals surface area contributed by atoms with Gasteiger partial charge in [-0.15, -0.1) is 0 Å². The molecule has 1 heterocycles. The molecule has 4 N–H and O–H groups in total. The molecule has 7 heteroatoms. The van der Waals surface area contributed by atoms with Crippen LogP contribution in [0.25, 0.3) is 17.2 Å². The van der Waals surface area contributed by atoms with Gasteiger partial charge in [0.1, 0.15) is 18.4 Å². The van der Waals surface area contributed by atoms with Gasteiger partial charge < -0.3 is 11.5 Å². The molecule has 1 aliphatic rings. The van der Waals surface area contributed by atoms with Crippen LogP contribution >= 0.6 is 0 Å². The van der Waals surface area contributed by atoms with Gasteiger partial charge in [0.2, 0.25) is 5.91 Å². The predicted molar refractivity (Wildman–Crippen MR) is 118 cm³/mol. The molecule has 0 saturated heterocycles. The van der Waals surface area contributed by atoms with E-state index in [2.05, 4.69) is 4.99 Å². The standard InChI is InChI=1S/C23H24N4O3/c1-27(12-23(25)30)7-6-18-10-16(3-5-20(18)14-29)17-2-4-19-8-15(13-28)9-22(24)26-21(19)11-17/h2-5,8,10-11,13-14H,6-7,9,12H2,1H3,(H2,24,26)(H2,25,30). The highest BCUT2D eigenvalue weighted by atomic mass is 16.1. The zero-order valence-electron chi connectivity index (χ0n) is 16.8. The smallest absolute Gasteiger partial charge is 0.231 e. The van der Waals surface area contributed by atoms with Gasteiger partial charge in [-0.3, -0.25) is 19.3 Å². The maximum atomic E-state index is 11.5. The molecule has 30 heavy (non-hydrogen) atoms. The van der Waals surface area contributed by atoms with E-state index in [1.54, 1.807) is 12.1 Å². The molecule has 0 saturated carbocycles. The number of aliphatic imine (C=N–C) groups is 1. The molecule has 0 unspecified atom stereocenters. The summed E-state index contributed by atoms with van der Waals surface area (Å²) >= 11 is 0. The zero-order valence-corrected chi connectivity index (χ0v) is 16.8. The monoisotopic (exact) mass is 404 g/mol. The second kappa shape index (κ2) is 9.28. The lowest BCUT2D eigenvalue weighted by Gasteiger charge is -2.16. The Hall–Kier alpha value is -3.58. The molecule has 7 nitrogen and oxygen atoms in total. The number of hydrogen-bond acceptors (Lipinski definition) is 6. The van der Waals surface area contributed by atoms with Crippen LogP contribution in [-0.2, 0) is 16.0 Å². The number of benzene rings is 2. The molecular weight excluding hydrogens is 380 g/mol. The molecule has 0 bridgehead atoms. The number of primary amides is 1. The summed E-state index contributed by atoms with van der Waals surface area (Å²) in [6.07, 6.45) is 4.36. The topological polar surface area (TPSA) is 119 Å². The van der Waals surface area contributed by atoms with Crippen molar-refractivity contribution in [3.05, 3.63) is 58.7 Å². The number of aldehydes is 2. The lowest BCUT2D eigenvalue weighted by Crippen LogP contribution is -2.32. The van der Waals surface area contributed by atoms with Crippen molar-refractivity contribution in [1.82, 2.24) is 4.90 Å². The Bertz CT molecular complexity index is 1060. The fourth-order valence-corrected chi connectivity index (χ4v) is 3.45. The summed E-state index contributed by atoms with van der Waals surface area (Å²) in [5.74, 6) is -0.00261. The van der Waals surface area contributed by atoms with E-state index in [0.717, 1.165) is 34.8 Å². The van der Waals surface area contributed by atoms with Crippen LogP contribution < -0.4 is 11.5 Å². The number of carbonyl (C=O) groups is 3. The van der Waals surface area contributed by atoms with Gasteiger partial charge in [-0.2, -0.15) is 0 Å². The van der Waals surface area contributed by atoms with E-state index in [9.17, 15) is 14.4 Å². The molecule has 0 aromatic heterocycles. The third kappa shape index (κ3) is 5.07. The van der Waals surface area contributed by atoms with Crippen molar-refractivity contribution in [3.63, 3.8) is 0 Å². The first-order chi connectivity index (χ1) is 14.4. The first kappa shape index (κ1) is 21.1. The minimum Gasteiger partial charge on any atom is -0.387 e. The number of nitrogens with zero attached hydrogens (tertiary/aromatic N) is 2. The molecule has 2 aromatic rings. The van der Waals surface area contributed by atoms with Crippen LogP contribution in [0.3, 0.4) is 0 Å². The van der Waals surface area contributed by atoms with Crippen molar-refractivity contribution in [2.24, 2.45) is 16.5 Å². The average molecular weight is 404 g/mol. The first-order valence-electron chi connectivity index (χ1n) is 9.57. The molecule has 3 rings (SSSR count). The fourth-order valence-electron chi connectivity index (χ4n) is 3.45. The van der Waals surface area contributed by atoms with E-state index in [4.69, 9.17) is 11.5 Å². The van der Waals surface area contributed by atoms with E-state index < -0.39 is 5.91 Å². The lowest BCUT2D eigenvalue weighted by atomic mass is 9.96. The Morgan fingerprint density at radius 2 is 1.87 bits per heavy atom. The van der Waals surface area contributed by atoms with Crippen LogP contribution in [-0.4, -0.2) is 49.4 Å². The number of hydrogen-bond donors (Lipinski definition) is 2. The van der Waals surface area contributed by atoms with Gasteiger partial charge in [0, 0.05) is 29.7 Å². The third-order valence-electron chi connectivity index (χ3n) is 4.96. The van der Waals surface area contributed by atoms with E-state index in [0.29, 0.717) is 42.0 Å². The molecule has 0 radical (unpaired) electrons. The van der Waals surface area contributed by atoms with Gasteiger partial charge in [-0.1, -0.05) is 30.3 Å². The van der Waals surface area contributed by atoms with Crippen molar-refractivity contribution in [1.29, 1.82) is 0 Å². The van der Waals surface area contributed by atoms with Gasteiger partial charge >= 0.3 is 0 Å². The number of likely N-dealkylation sites (N-methyl/N-ethyl adjacent to an activating group) is 1. The second-order valence-electron chi connectivity index (χ2n) is 7.38. The van der Waals surface area contributed by atoms with Crippen LogP contribution in [0.15, 0.2) is 47.0 Å². The van der Waals surface area contributed by atoms with Crippen LogP contribution in [0.4, 0.5) is 5.69 Å². The third-order valence-corrected chi connectivity index (χ3v) is 4.96. The van der Waals surface area contributed by atoms with E-state index in [1.165, 1.54) is 0 Å². The highest BCUT2D eigenvalue weighted by Gasteiger charge is 2.12. The fraction of sp³-hybridized carbons (Fsp3) is 0.217. The molecular formula is C23H24N4O3. The van der Waals surface area contributed by atoms with E-state index in [1.807, 2.05) is 42.3 Å². The van der Waals surface area contributed by atoms with E-state index >= 15 is 0 Å². The molecule has 154 valence electrons. The Morgan fingerprint density at radius 1 is 1.13 bits per heavy atom. The van der Waals surface area contributed by atoms with Crippen LogP contribution in [0.5, 0.6) is 0 Å². The number of amidine groups is 1. The second-order valence-corrected chi connectivity index (χ2v) is 7.38. The summed E-state index contributed by atoms with van der Waals surface area (Å²) in [7, 11) is 1.81. The highest BCUT2D eigenvalue weighted by Crippen LogP contribution is 2.32. The summed E-state index contributed by atoms with van der Waals surface area (Å²) in [4.78, 5) is 40.0. The van der Waals surface area contributed by atoms with Crippen LogP contribution in [0.2, 0.25) is 0 Å². The van der Waals surface area contributed by atoms with Gasteiger partial charge in [0.05, 0.1) is 12.2 Å². The first-order valence-corrected chi connectivity index (χ1v) is 9.57. The molecule has 0 aliphatic carbocycles. The van der Waals surface area contributed by atoms with Gasteiger partial charge in [-0.25, -0.2) is 4.99 Å². The maximum Gasteiger partial charge on any atom is 0.231 e. The van der Waals surface area contributed by atoms with Gasteiger partial charge in [0.25, 0.3) is 0 Å². The van der Waals surface area contributed by atoms with Crippen molar-refractivity contribution in [2.45, 2.75) is 12.8 Å². The molecule has 1 aliphatic heterocycles. The summed E-state index contributed by atoms with van der Waals surface area (Å²) < 4.78 is 0. The van der Waals surface area contributed by atoms with Gasteiger partial charge in [-0.05, 0) is 42.3 Å². The Balaban J connectivity index is 1.92. The van der Waals surface area contributed by atoms with E-state index in [-0.39, 0.29) is 6.54 Å². The van der Waals surface area contributed by atoms with Crippen molar-refractivity contribution >= 4 is 36.1 Å². The number of amides is 1. The van der Waals surface area contributed by atoms with Gasteiger partial charge in [0.15, 0.2) is 0 Å². The Labute approximate surface area is 175 Å².